The first kappa shape index (κ1) is 16.7. The zero-order chi connectivity index (χ0) is 19.1. The average Bonchev–Trinajstić information content (AvgIpc) is 3.14. The Morgan fingerprint density at radius 3 is 2.50 bits per heavy atom. The number of nitrogens with zero attached hydrogens (tertiary/aromatic N) is 4. The number of fused-ring (bicyclic) bond motifs is 2. The van der Waals surface area contributed by atoms with Crippen molar-refractivity contribution < 1.29 is 5.11 Å². The Balaban J connectivity index is 1.68. The molecule has 0 aliphatic rings. The van der Waals surface area contributed by atoms with E-state index in [2.05, 4.69) is 15.0 Å². The van der Waals surface area contributed by atoms with Crippen LogP contribution in [0.25, 0.3) is 33.2 Å². The summed E-state index contributed by atoms with van der Waals surface area (Å²) in [6.07, 6.45) is 3.30. The van der Waals surface area contributed by atoms with E-state index in [4.69, 9.17) is 11.6 Å². The molecule has 2 heterocycles. The maximum Gasteiger partial charge on any atom is 0.164 e. The van der Waals surface area contributed by atoms with Crippen LogP contribution in [0.2, 0.25) is 5.02 Å². The molecule has 2 aromatic heterocycles. The maximum atomic E-state index is 10.2. The zero-order valence-electron chi connectivity index (χ0n) is 14.7. The Kier molecular flexibility index (Phi) is 3.95. The lowest BCUT2D eigenvalue weighted by molar-refractivity contribution is 0.481. The van der Waals surface area contributed by atoms with Gasteiger partial charge in [0.1, 0.15) is 23.3 Å². The zero-order valence-corrected chi connectivity index (χ0v) is 15.5. The molecule has 5 nitrogen and oxygen atoms in total. The van der Waals surface area contributed by atoms with Gasteiger partial charge >= 0.3 is 0 Å². The van der Waals surface area contributed by atoms with Gasteiger partial charge in [0.2, 0.25) is 0 Å². The second-order valence-corrected chi connectivity index (χ2v) is 6.94. The SMILES string of the molecule is Oc1ccc(-c2ncnc3c2ncn3Cc2ccccc2Cl)c2ccccc12. The number of hydrogen-bond acceptors (Lipinski definition) is 4. The smallest absolute Gasteiger partial charge is 0.164 e. The molecule has 0 aliphatic carbocycles. The van der Waals surface area contributed by atoms with Crippen LogP contribution in [-0.4, -0.2) is 24.6 Å². The third-order valence-corrected chi connectivity index (χ3v) is 5.22. The van der Waals surface area contributed by atoms with Crippen molar-refractivity contribution in [1.29, 1.82) is 0 Å². The second kappa shape index (κ2) is 6.62. The molecule has 0 unspecified atom stereocenters. The Labute approximate surface area is 165 Å². The maximum absolute atomic E-state index is 10.2. The van der Waals surface area contributed by atoms with Crippen LogP contribution in [-0.2, 0) is 6.54 Å². The largest absolute Gasteiger partial charge is 0.507 e. The highest BCUT2D eigenvalue weighted by atomic mass is 35.5. The average molecular weight is 387 g/mol. The van der Waals surface area contributed by atoms with Crippen molar-refractivity contribution >= 4 is 33.5 Å². The lowest BCUT2D eigenvalue weighted by Gasteiger charge is -2.09. The normalized spacial score (nSPS) is 11.3. The summed E-state index contributed by atoms with van der Waals surface area (Å²) < 4.78 is 1.96. The minimum Gasteiger partial charge on any atom is -0.507 e. The van der Waals surface area contributed by atoms with Gasteiger partial charge in [0.25, 0.3) is 0 Å². The third-order valence-electron chi connectivity index (χ3n) is 4.86. The molecule has 0 radical (unpaired) electrons. The molecule has 0 bridgehead atoms. The number of imidazole rings is 1. The first-order chi connectivity index (χ1) is 13.7. The van der Waals surface area contributed by atoms with Gasteiger partial charge in [-0.1, -0.05) is 54.1 Å². The molecular formula is C22H15ClN4O. The van der Waals surface area contributed by atoms with Gasteiger partial charge in [-0.15, -0.1) is 0 Å². The van der Waals surface area contributed by atoms with Gasteiger partial charge in [0.15, 0.2) is 5.65 Å². The predicted molar refractivity (Wildman–Crippen MR) is 110 cm³/mol. The number of benzene rings is 3. The highest BCUT2D eigenvalue weighted by Gasteiger charge is 2.15. The Hall–Kier alpha value is -3.44. The van der Waals surface area contributed by atoms with E-state index in [-0.39, 0.29) is 5.75 Å². The fourth-order valence-corrected chi connectivity index (χ4v) is 3.69. The molecule has 5 rings (SSSR count). The molecule has 0 aliphatic heterocycles. The minimum absolute atomic E-state index is 0.244. The molecule has 0 amide bonds. The van der Waals surface area contributed by atoms with E-state index < -0.39 is 0 Å². The molecule has 5 aromatic rings. The molecule has 28 heavy (non-hydrogen) atoms. The molecule has 136 valence electrons. The van der Waals surface area contributed by atoms with Gasteiger partial charge in [-0.3, -0.25) is 0 Å². The summed E-state index contributed by atoms with van der Waals surface area (Å²) in [5, 5.41) is 12.6. The van der Waals surface area contributed by atoms with Crippen LogP contribution < -0.4 is 0 Å². The van der Waals surface area contributed by atoms with Crippen molar-refractivity contribution in [1.82, 2.24) is 19.5 Å². The second-order valence-electron chi connectivity index (χ2n) is 6.54. The van der Waals surface area contributed by atoms with E-state index in [1.165, 1.54) is 0 Å². The summed E-state index contributed by atoms with van der Waals surface area (Å²) in [4.78, 5) is 13.5. The topological polar surface area (TPSA) is 63.8 Å². The van der Waals surface area contributed by atoms with Gasteiger partial charge in [0, 0.05) is 16.0 Å². The van der Waals surface area contributed by atoms with E-state index >= 15 is 0 Å². The number of hydrogen-bond donors (Lipinski definition) is 1. The predicted octanol–water partition coefficient (Wildman–Crippen LogP) is 5.05. The van der Waals surface area contributed by atoms with Crippen LogP contribution >= 0.6 is 11.6 Å². The molecule has 6 heteroatoms. The summed E-state index contributed by atoms with van der Waals surface area (Å²) in [7, 11) is 0. The van der Waals surface area contributed by atoms with Crippen LogP contribution in [0.1, 0.15) is 5.56 Å². The van der Waals surface area contributed by atoms with E-state index in [1.807, 2.05) is 59.2 Å². The lowest BCUT2D eigenvalue weighted by Crippen LogP contribution is -2.00. The van der Waals surface area contributed by atoms with Crippen LogP contribution in [0.15, 0.2) is 73.3 Å². The highest BCUT2D eigenvalue weighted by Crippen LogP contribution is 2.35. The fourth-order valence-electron chi connectivity index (χ4n) is 3.49. The van der Waals surface area contributed by atoms with E-state index in [0.717, 1.165) is 33.2 Å². The Morgan fingerprint density at radius 1 is 0.857 bits per heavy atom. The molecule has 0 spiro atoms. The van der Waals surface area contributed by atoms with Crippen molar-refractivity contribution in [3.05, 3.63) is 83.9 Å². The van der Waals surface area contributed by atoms with Gasteiger partial charge in [-0.2, -0.15) is 0 Å². The van der Waals surface area contributed by atoms with E-state index in [1.54, 1.807) is 18.7 Å². The Morgan fingerprint density at radius 2 is 1.64 bits per heavy atom. The summed E-state index contributed by atoms with van der Waals surface area (Å²) in [5.41, 5.74) is 4.09. The first-order valence-corrected chi connectivity index (χ1v) is 9.20. The molecule has 0 saturated carbocycles. The van der Waals surface area contributed by atoms with E-state index in [9.17, 15) is 5.11 Å². The van der Waals surface area contributed by atoms with Crippen molar-refractivity contribution in [2.75, 3.05) is 0 Å². The minimum atomic E-state index is 0.244. The fraction of sp³-hybridized carbons (Fsp3) is 0.0455. The monoisotopic (exact) mass is 386 g/mol. The van der Waals surface area contributed by atoms with Gasteiger partial charge in [-0.05, 0) is 29.1 Å². The van der Waals surface area contributed by atoms with Gasteiger partial charge in [0.05, 0.1) is 12.9 Å². The number of phenolic OH excluding ortho intramolecular Hbond substituents is 1. The van der Waals surface area contributed by atoms with Gasteiger partial charge in [-0.25, -0.2) is 15.0 Å². The summed E-state index contributed by atoms with van der Waals surface area (Å²) in [6.45, 7) is 0.572. The molecule has 0 fully saturated rings. The number of aromatic hydroxyl groups is 1. The molecular weight excluding hydrogens is 372 g/mol. The number of halogens is 1. The summed E-state index contributed by atoms with van der Waals surface area (Å²) in [6, 6.07) is 19.0. The number of rotatable bonds is 3. The summed E-state index contributed by atoms with van der Waals surface area (Å²) in [5.74, 6) is 0.244. The van der Waals surface area contributed by atoms with Crippen LogP contribution in [0.3, 0.4) is 0 Å². The van der Waals surface area contributed by atoms with Crippen molar-refractivity contribution in [3.8, 4) is 17.0 Å². The quantitative estimate of drug-likeness (QED) is 0.471. The standard InChI is InChI=1S/C22H15ClN4O/c23-18-8-4-1-5-14(18)11-27-13-26-21-20(24-12-25-22(21)27)17-9-10-19(28)16-7-3-2-6-15(16)17/h1-10,12-13,28H,11H2. The van der Waals surface area contributed by atoms with Gasteiger partial charge < -0.3 is 9.67 Å². The van der Waals surface area contributed by atoms with Crippen LogP contribution in [0.4, 0.5) is 0 Å². The van der Waals surface area contributed by atoms with Crippen molar-refractivity contribution in [3.63, 3.8) is 0 Å². The van der Waals surface area contributed by atoms with Crippen molar-refractivity contribution in [2.24, 2.45) is 0 Å². The Bertz CT molecular complexity index is 1330. The lowest BCUT2D eigenvalue weighted by atomic mass is 10.0. The highest BCUT2D eigenvalue weighted by molar-refractivity contribution is 6.31. The third kappa shape index (κ3) is 2.68. The van der Waals surface area contributed by atoms with Crippen LogP contribution in [0.5, 0.6) is 5.75 Å². The molecule has 1 N–H and O–H groups in total. The van der Waals surface area contributed by atoms with Crippen LogP contribution in [0, 0.1) is 0 Å². The van der Waals surface area contributed by atoms with E-state index in [0.29, 0.717) is 17.1 Å². The molecule has 0 atom stereocenters. The number of phenols is 1. The summed E-state index contributed by atoms with van der Waals surface area (Å²) >= 11 is 6.31. The first-order valence-electron chi connectivity index (χ1n) is 8.82. The molecule has 3 aromatic carbocycles. The number of aromatic nitrogens is 4. The molecule has 0 saturated heterocycles. The van der Waals surface area contributed by atoms with Crippen molar-refractivity contribution in [2.45, 2.75) is 6.54 Å².